The van der Waals surface area contributed by atoms with E-state index in [-0.39, 0.29) is 34.5 Å². The molecule has 0 amide bonds. The molecule has 5 aliphatic rings. The van der Waals surface area contributed by atoms with Gasteiger partial charge in [-0.1, -0.05) is 32.9 Å². The van der Waals surface area contributed by atoms with Crippen LogP contribution in [0, 0.1) is 46.1 Å². The van der Waals surface area contributed by atoms with Gasteiger partial charge in [-0.3, -0.25) is 5.21 Å². The fourth-order valence-corrected chi connectivity index (χ4v) is 8.36. The first-order valence-electron chi connectivity index (χ1n) is 14.2. The van der Waals surface area contributed by atoms with Gasteiger partial charge in [0.15, 0.2) is 5.79 Å². The number of rotatable bonds is 3. The Morgan fingerprint density at radius 2 is 1.89 bits per heavy atom. The van der Waals surface area contributed by atoms with Gasteiger partial charge in [0.2, 0.25) is 0 Å². The van der Waals surface area contributed by atoms with Gasteiger partial charge >= 0.3 is 5.97 Å². The zero-order chi connectivity index (χ0) is 25.9. The molecule has 37 heavy (non-hydrogen) atoms. The maximum atomic E-state index is 12.8. The van der Waals surface area contributed by atoms with Crippen molar-refractivity contribution < 1.29 is 24.2 Å². The van der Waals surface area contributed by atoms with E-state index < -0.39 is 5.79 Å². The molecule has 1 spiro atoms. The summed E-state index contributed by atoms with van der Waals surface area (Å²) in [6.07, 6.45) is 12.3. The van der Waals surface area contributed by atoms with E-state index in [4.69, 9.17) is 19.4 Å². The van der Waals surface area contributed by atoms with Gasteiger partial charge in [-0.05, 0) is 91.9 Å². The van der Waals surface area contributed by atoms with Gasteiger partial charge in [-0.25, -0.2) is 4.79 Å². The summed E-state index contributed by atoms with van der Waals surface area (Å²) >= 11 is 0. The Bertz CT molecular complexity index is 1030. The third-order valence-corrected chi connectivity index (χ3v) is 10.7. The minimum Gasteiger partial charge on any atom is -0.733 e. The summed E-state index contributed by atoms with van der Waals surface area (Å²) in [7, 11) is 0. The zero-order valence-corrected chi connectivity index (χ0v) is 22.2. The van der Waals surface area contributed by atoms with Crippen LogP contribution in [-0.2, 0) is 14.2 Å². The molecule has 2 heterocycles. The average molecular weight is 511 g/mol. The number of carbonyl (C=O) groups is 1. The van der Waals surface area contributed by atoms with Crippen LogP contribution >= 0.6 is 0 Å². The Morgan fingerprint density at radius 3 is 2.59 bits per heavy atom. The van der Waals surface area contributed by atoms with E-state index in [9.17, 15) is 10.0 Å². The number of hydrogen-bond donors (Lipinski definition) is 1. The largest absolute Gasteiger partial charge is 0.733 e. The Balaban J connectivity index is 1.14. The molecule has 10 atom stereocenters. The number of ether oxygens (including phenoxy) is 3. The van der Waals surface area contributed by atoms with E-state index >= 15 is 0 Å². The van der Waals surface area contributed by atoms with Gasteiger partial charge < -0.3 is 24.6 Å². The summed E-state index contributed by atoms with van der Waals surface area (Å²) in [6, 6.07) is 5.86. The van der Waals surface area contributed by atoms with Crippen LogP contribution in [0.4, 0.5) is 5.69 Å². The highest BCUT2D eigenvalue weighted by molar-refractivity contribution is 5.90. The molecule has 1 aromatic carbocycles. The number of nitrogens with zero attached hydrogens (tertiary/aromatic N) is 1. The SMILES string of the molecule is CC1CCC2(OC1)OC1C3C=CC4CC(OC(=O)c5ccc(N([O-])O)cc5)CCC4(C)C3CCC1C2C. The second-order valence-electron chi connectivity index (χ2n) is 12.7. The molecule has 10 unspecified atom stereocenters. The van der Waals surface area contributed by atoms with Crippen molar-refractivity contribution in [1.29, 1.82) is 0 Å². The summed E-state index contributed by atoms with van der Waals surface area (Å²) < 4.78 is 19.3. The van der Waals surface area contributed by atoms with Crippen LogP contribution in [-0.4, -0.2) is 35.8 Å². The Hall–Kier alpha value is -1.93. The maximum absolute atomic E-state index is 12.8. The van der Waals surface area contributed by atoms with Gasteiger partial charge in [-0.2, -0.15) is 0 Å². The summed E-state index contributed by atoms with van der Waals surface area (Å²) in [5.41, 5.74) is 0.646. The van der Waals surface area contributed by atoms with Crippen molar-refractivity contribution in [3.05, 3.63) is 47.2 Å². The Labute approximate surface area is 219 Å². The molecule has 4 fully saturated rings. The molecule has 2 saturated carbocycles. The van der Waals surface area contributed by atoms with Crippen molar-refractivity contribution in [2.75, 3.05) is 11.8 Å². The maximum Gasteiger partial charge on any atom is 0.338 e. The molecule has 2 saturated heterocycles. The molecule has 3 aliphatic carbocycles. The fraction of sp³-hybridized carbons (Fsp3) is 0.700. The van der Waals surface area contributed by atoms with Crippen molar-refractivity contribution in [2.45, 2.75) is 83.7 Å². The van der Waals surface area contributed by atoms with E-state index in [1.807, 2.05) is 0 Å². The molecule has 2 aliphatic heterocycles. The zero-order valence-electron chi connectivity index (χ0n) is 22.2. The summed E-state index contributed by atoms with van der Waals surface area (Å²) in [5, 5.41) is 19.8. The Morgan fingerprint density at radius 1 is 1.11 bits per heavy atom. The monoisotopic (exact) mass is 510 g/mol. The lowest BCUT2D eigenvalue weighted by Crippen LogP contribution is -2.52. The lowest BCUT2D eigenvalue weighted by atomic mass is 9.50. The molecule has 0 radical (unpaired) electrons. The highest BCUT2D eigenvalue weighted by Gasteiger charge is 2.61. The van der Waals surface area contributed by atoms with E-state index in [1.165, 1.54) is 43.5 Å². The van der Waals surface area contributed by atoms with Crippen molar-refractivity contribution in [1.82, 2.24) is 0 Å². The first kappa shape index (κ1) is 25.4. The van der Waals surface area contributed by atoms with Gasteiger partial charge in [-0.15, -0.1) is 0 Å². The molecule has 0 aromatic heterocycles. The van der Waals surface area contributed by atoms with Gasteiger partial charge in [0.25, 0.3) is 0 Å². The first-order chi connectivity index (χ1) is 17.7. The van der Waals surface area contributed by atoms with E-state index in [1.54, 1.807) is 0 Å². The van der Waals surface area contributed by atoms with Gasteiger partial charge in [0.05, 0.1) is 24.0 Å². The van der Waals surface area contributed by atoms with Crippen LogP contribution in [0.25, 0.3) is 0 Å². The first-order valence-corrected chi connectivity index (χ1v) is 14.2. The number of anilines is 1. The Kier molecular flexibility index (Phi) is 6.42. The highest BCUT2D eigenvalue weighted by atomic mass is 16.8. The van der Waals surface area contributed by atoms with Crippen LogP contribution < -0.4 is 5.23 Å². The number of esters is 1. The second-order valence-corrected chi connectivity index (χ2v) is 12.7. The van der Waals surface area contributed by atoms with Crippen molar-refractivity contribution in [3.8, 4) is 0 Å². The number of allylic oxidation sites excluding steroid dienone is 1. The quantitative estimate of drug-likeness (QED) is 0.298. The van der Waals surface area contributed by atoms with Crippen molar-refractivity contribution in [2.24, 2.45) is 40.9 Å². The molecule has 1 N–H and O–H groups in total. The summed E-state index contributed by atoms with van der Waals surface area (Å²) in [4.78, 5) is 12.8. The molecule has 1 aromatic rings. The normalized spacial score (nSPS) is 44.6. The predicted octanol–water partition coefficient (Wildman–Crippen LogP) is 6.10. The standard InChI is InChI=1S/C30H40NO6/c1-18-12-15-30(35-17-18)19(2)24-10-11-26-25(27(24)37-30)9-6-21-16-23(13-14-29(21,26)3)36-28(32)20-4-7-22(8-5-20)31(33)34/h4-9,18-19,21,23-27,33H,10-17H2,1-3H3/q-1. The third-order valence-electron chi connectivity index (χ3n) is 10.7. The molecule has 7 nitrogen and oxygen atoms in total. The van der Waals surface area contributed by atoms with E-state index in [0.29, 0.717) is 41.1 Å². The van der Waals surface area contributed by atoms with Crippen LogP contribution in [0.3, 0.4) is 0 Å². The van der Waals surface area contributed by atoms with Crippen LogP contribution in [0.2, 0.25) is 0 Å². The summed E-state index contributed by atoms with van der Waals surface area (Å²) in [5.74, 6) is 2.21. The molecular formula is C30H40NO6-. The van der Waals surface area contributed by atoms with Crippen LogP contribution in [0.1, 0.15) is 76.1 Å². The van der Waals surface area contributed by atoms with Gasteiger partial charge in [0.1, 0.15) is 6.10 Å². The number of carbonyl (C=O) groups excluding carboxylic acids is 1. The second kappa shape index (κ2) is 9.37. The molecule has 0 bridgehead atoms. The smallest absolute Gasteiger partial charge is 0.338 e. The molecule has 7 heteroatoms. The van der Waals surface area contributed by atoms with E-state index in [0.717, 1.165) is 32.3 Å². The van der Waals surface area contributed by atoms with Crippen LogP contribution in [0.15, 0.2) is 36.4 Å². The lowest BCUT2D eigenvalue weighted by molar-refractivity contribution is -0.275. The van der Waals surface area contributed by atoms with Crippen molar-refractivity contribution >= 4 is 11.7 Å². The minimum absolute atomic E-state index is 0.0813. The number of fused-ring (bicyclic) bond motifs is 5. The molecule has 202 valence electrons. The minimum atomic E-state index is -0.393. The molecular weight excluding hydrogens is 470 g/mol. The topological polar surface area (TPSA) is 91.3 Å². The van der Waals surface area contributed by atoms with Crippen molar-refractivity contribution in [3.63, 3.8) is 0 Å². The van der Waals surface area contributed by atoms with Gasteiger partial charge in [0, 0.05) is 18.3 Å². The lowest BCUT2D eigenvalue weighted by Gasteiger charge is -2.55. The average Bonchev–Trinajstić information content (AvgIpc) is 3.17. The number of benzene rings is 1. The summed E-state index contributed by atoms with van der Waals surface area (Å²) in [6.45, 7) is 7.87. The highest BCUT2D eigenvalue weighted by Crippen LogP contribution is 2.62. The number of hydrogen-bond acceptors (Lipinski definition) is 7. The third kappa shape index (κ3) is 4.22. The predicted molar refractivity (Wildman–Crippen MR) is 139 cm³/mol. The molecule has 6 rings (SSSR count). The van der Waals surface area contributed by atoms with E-state index in [2.05, 4.69) is 32.9 Å². The van der Waals surface area contributed by atoms with Crippen LogP contribution in [0.5, 0.6) is 0 Å². The fourth-order valence-electron chi connectivity index (χ4n) is 8.36.